The maximum atomic E-state index is 6.02. The van der Waals surface area contributed by atoms with Crippen molar-refractivity contribution in [3.8, 4) is 0 Å². The predicted octanol–water partition coefficient (Wildman–Crippen LogP) is 0.766. The van der Waals surface area contributed by atoms with E-state index in [4.69, 9.17) is 10.5 Å². The lowest BCUT2D eigenvalue weighted by atomic mass is 9.93. The standard InChI is InChI=1S/C13H29N3O/c1-12-10-15(3)7-5-8-16(12)13(2,11-14)6-9-17-4/h12H,5-11,14H2,1-4H3. The molecule has 1 fully saturated rings. The molecule has 1 heterocycles. The van der Waals surface area contributed by atoms with Crippen LogP contribution >= 0.6 is 0 Å². The molecular formula is C13H29N3O. The van der Waals surface area contributed by atoms with E-state index in [1.807, 2.05) is 0 Å². The first-order chi connectivity index (χ1) is 8.03. The van der Waals surface area contributed by atoms with Gasteiger partial charge in [0.15, 0.2) is 0 Å². The zero-order valence-electron chi connectivity index (χ0n) is 11.9. The summed E-state index contributed by atoms with van der Waals surface area (Å²) in [7, 11) is 3.96. The van der Waals surface area contributed by atoms with Crippen molar-refractivity contribution >= 4 is 0 Å². The van der Waals surface area contributed by atoms with Crippen LogP contribution < -0.4 is 5.73 Å². The minimum Gasteiger partial charge on any atom is -0.385 e. The Morgan fingerprint density at radius 2 is 2.12 bits per heavy atom. The number of likely N-dealkylation sites (N-methyl/N-ethyl adjacent to an activating group) is 1. The average Bonchev–Trinajstić information content (AvgIpc) is 2.47. The molecule has 17 heavy (non-hydrogen) atoms. The Morgan fingerprint density at radius 1 is 1.41 bits per heavy atom. The highest BCUT2D eigenvalue weighted by Crippen LogP contribution is 2.24. The maximum absolute atomic E-state index is 6.02. The third kappa shape index (κ3) is 3.91. The highest BCUT2D eigenvalue weighted by molar-refractivity contribution is 4.92. The van der Waals surface area contributed by atoms with E-state index in [2.05, 4.69) is 30.7 Å². The number of rotatable bonds is 5. The SMILES string of the molecule is COCCC(C)(CN)N1CCCN(C)CC1C. The molecule has 0 aromatic rings. The van der Waals surface area contributed by atoms with Crippen LogP contribution in [0, 0.1) is 0 Å². The second-order valence-electron chi connectivity index (χ2n) is 5.60. The average molecular weight is 243 g/mol. The Labute approximate surface area is 106 Å². The summed E-state index contributed by atoms with van der Waals surface area (Å²) in [5, 5.41) is 0. The third-order valence-electron chi connectivity index (χ3n) is 4.02. The van der Waals surface area contributed by atoms with Crippen LogP contribution in [0.15, 0.2) is 0 Å². The smallest absolute Gasteiger partial charge is 0.0480 e. The second-order valence-corrected chi connectivity index (χ2v) is 5.60. The van der Waals surface area contributed by atoms with Gasteiger partial charge in [-0.3, -0.25) is 4.90 Å². The van der Waals surface area contributed by atoms with E-state index in [0.717, 1.165) is 26.1 Å². The lowest BCUT2D eigenvalue weighted by Gasteiger charge is -2.44. The van der Waals surface area contributed by atoms with Gasteiger partial charge in [0.05, 0.1) is 0 Å². The fourth-order valence-electron chi connectivity index (χ4n) is 2.86. The summed E-state index contributed by atoms with van der Waals surface area (Å²) in [5.41, 5.74) is 6.09. The van der Waals surface area contributed by atoms with E-state index in [9.17, 15) is 0 Å². The molecule has 0 bridgehead atoms. The topological polar surface area (TPSA) is 41.7 Å². The Bertz CT molecular complexity index is 225. The van der Waals surface area contributed by atoms with Gasteiger partial charge in [-0.15, -0.1) is 0 Å². The van der Waals surface area contributed by atoms with Gasteiger partial charge in [-0.25, -0.2) is 0 Å². The summed E-state index contributed by atoms with van der Waals surface area (Å²) in [4.78, 5) is 4.99. The maximum Gasteiger partial charge on any atom is 0.0480 e. The van der Waals surface area contributed by atoms with Gasteiger partial charge in [-0.05, 0) is 40.3 Å². The lowest BCUT2D eigenvalue weighted by molar-refractivity contribution is 0.0409. The summed E-state index contributed by atoms with van der Waals surface area (Å²) in [6.45, 7) is 9.52. The molecule has 1 saturated heterocycles. The van der Waals surface area contributed by atoms with E-state index < -0.39 is 0 Å². The van der Waals surface area contributed by atoms with Gasteiger partial charge in [0.2, 0.25) is 0 Å². The van der Waals surface area contributed by atoms with Crippen LogP contribution in [-0.2, 0) is 4.74 Å². The van der Waals surface area contributed by atoms with Crippen LogP contribution in [0.1, 0.15) is 26.7 Å². The fraction of sp³-hybridized carbons (Fsp3) is 1.00. The number of nitrogens with zero attached hydrogens (tertiary/aromatic N) is 2. The molecule has 2 unspecified atom stereocenters. The highest BCUT2D eigenvalue weighted by atomic mass is 16.5. The Hall–Kier alpha value is -0.160. The van der Waals surface area contributed by atoms with Crippen molar-refractivity contribution in [3.05, 3.63) is 0 Å². The summed E-state index contributed by atoms with van der Waals surface area (Å²) >= 11 is 0. The zero-order chi connectivity index (χ0) is 12.9. The van der Waals surface area contributed by atoms with Crippen LogP contribution in [0.3, 0.4) is 0 Å². The van der Waals surface area contributed by atoms with Gasteiger partial charge in [0.1, 0.15) is 0 Å². The number of methoxy groups -OCH3 is 1. The molecule has 1 aliphatic rings. The van der Waals surface area contributed by atoms with Crippen molar-refractivity contribution in [1.29, 1.82) is 0 Å². The third-order valence-corrected chi connectivity index (χ3v) is 4.02. The van der Waals surface area contributed by atoms with Gasteiger partial charge in [-0.1, -0.05) is 0 Å². The van der Waals surface area contributed by atoms with Crippen molar-refractivity contribution in [2.75, 3.05) is 46.9 Å². The van der Waals surface area contributed by atoms with Gasteiger partial charge in [-0.2, -0.15) is 0 Å². The fourth-order valence-corrected chi connectivity index (χ4v) is 2.86. The van der Waals surface area contributed by atoms with Gasteiger partial charge in [0.25, 0.3) is 0 Å². The molecule has 0 aliphatic carbocycles. The molecule has 4 heteroatoms. The van der Waals surface area contributed by atoms with Crippen molar-refractivity contribution in [2.45, 2.75) is 38.3 Å². The molecule has 0 aromatic carbocycles. The quantitative estimate of drug-likeness (QED) is 0.774. The molecule has 102 valence electrons. The molecule has 0 saturated carbocycles. The molecule has 0 amide bonds. The molecule has 2 atom stereocenters. The van der Waals surface area contributed by atoms with Crippen LogP contribution in [0.4, 0.5) is 0 Å². The van der Waals surface area contributed by atoms with E-state index in [0.29, 0.717) is 12.6 Å². The molecule has 0 radical (unpaired) electrons. The van der Waals surface area contributed by atoms with E-state index >= 15 is 0 Å². The first-order valence-electron chi connectivity index (χ1n) is 6.68. The monoisotopic (exact) mass is 243 g/mol. The van der Waals surface area contributed by atoms with Crippen LogP contribution in [0.2, 0.25) is 0 Å². The molecule has 2 N–H and O–H groups in total. The van der Waals surface area contributed by atoms with Gasteiger partial charge in [0, 0.05) is 44.9 Å². The molecule has 1 aliphatic heterocycles. The molecule has 0 aromatic heterocycles. The Balaban J connectivity index is 2.71. The lowest BCUT2D eigenvalue weighted by Crippen LogP contribution is -2.56. The predicted molar refractivity (Wildman–Crippen MR) is 72.2 cm³/mol. The van der Waals surface area contributed by atoms with E-state index in [1.165, 1.54) is 13.0 Å². The minimum absolute atomic E-state index is 0.0700. The normalized spacial score (nSPS) is 27.7. The number of hydrogen-bond donors (Lipinski definition) is 1. The summed E-state index contributed by atoms with van der Waals surface area (Å²) in [5.74, 6) is 0. The molecular weight excluding hydrogens is 214 g/mol. The molecule has 4 nitrogen and oxygen atoms in total. The summed E-state index contributed by atoms with van der Waals surface area (Å²) < 4.78 is 5.23. The van der Waals surface area contributed by atoms with E-state index in [1.54, 1.807) is 7.11 Å². The van der Waals surface area contributed by atoms with Crippen molar-refractivity contribution < 1.29 is 4.74 Å². The first-order valence-corrected chi connectivity index (χ1v) is 6.68. The van der Waals surface area contributed by atoms with Crippen molar-refractivity contribution in [1.82, 2.24) is 9.80 Å². The molecule has 1 rings (SSSR count). The summed E-state index contributed by atoms with van der Waals surface area (Å²) in [6.07, 6.45) is 2.23. The van der Waals surface area contributed by atoms with Crippen molar-refractivity contribution in [2.24, 2.45) is 5.73 Å². The van der Waals surface area contributed by atoms with E-state index in [-0.39, 0.29) is 5.54 Å². The van der Waals surface area contributed by atoms with Crippen LogP contribution in [-0.4, -0.2) is 68.3 Å². The zero-order valence-corrected chi connectivity index (χ0v) is 11.9. The van der Waals surface area contributed by atoms with Crippen molar-refractivity contribution in [3.63, 3.8) is 0 Å². The van der Waals surface area contributed by atoms with Gasteiger partial charge < -0.3 is 15.4 Å². The van der Waals surface area contributed by atoms with Crippen LogP contribution in [0.25, 0.3) is 0 Å². The van der Waals surface area contributed by atoms with Crippen LogP contribution in [0.5, 0.6) is 0 Å². The highest BCUT2D eigenvalue weighted by Gasteiger charge is 2.34. The minimum atomic E-state index is 0.0700. The number of hydrogen-bond acceptors (Lipinski definition) is 4. The Kier molecular flexibility index (Phi) is 5.86. The molecule has 0 spiro atoms. The van der Waals surface area contributed by atoms with Gasteiger partial charge >= 0.3 is 0 Å². The second kappa shape index (κ2) is 6.69. The Morgan fingerprint density at radius 3 is 2.71 bits per heavy atom. The largest absolute Gasteiger partial charge is 0.385 e. The first kappa shape index (κ1) is 14.9. The summed E-state index contributed by atoms with van der Waals surface area (Å²) in [6, 6.07) is 0.563. The number of ether oxygens (including phenoxy) is 1. The number of nitrogens with two attached hydrogens (primary N) is 1.